The topological polar surface area (TPSA) is 49.4 Å². The first-order valence-corrected chi connectivity index (χ1v) is 10.5. The molecule has 2 heterocycles. The van der Waals surface area contributed by atoms with E-state index in [0.29, 0.717) is 11.8 Å². The molecule has 0 aromatic heterocycles. The Balaban J connectivity index is 1.54. The normalized spacial score (nSPS) is 36.8. The summed E-state index contributed by atoms with van der Waals surface area (Å²) in [4.78, 5) is 26.7. The van der Waals surface area contributed by atoms with Gasteiger partial charge in [0.05, 0.1) is 4.87 Å². The van der Waals surface area contributed by atoms with Crippen LogP contribution in [0.25, 0.3) is 0 Å². The van der Waals surface area contributed by atoms with E-state index < -0.39 is 0 Å². The molecule has 2 unspecified atom stereocenters. The molecule has 2 aliphatic heterocycles. The lowest BCUT2D eigenvalue weighted by atomic mass is 9.69. The third kappa shape index (κ3) is 3.21. The Bertz CT molecular complexity index is 513. The molecule has 24 heavy (non-hydrogen) atoms. The number of fused-ring (bicyclic) bond motifs is 1. The van der Waals surface area contributed by atoms with E-state index in [1.165, 1.54) is 19.3 Å². The van der Waals surface area contributed by atoms with Crippen molar-refractivity contribution in [3.8, 4) is 0 Å². The van der Waals surface area contributed by atoms with Gasteiger partial charge in [0.25, 0.3) is 0 Å². The lowest BCUT2D eigenvalue weighted by Crippen LogP contribution is -2.52. The first-order chi connectivity index (χ1) is 11.3. The summed E-state index contributed by atoms with van der Waals surface area (Å²) < 4.78 is 0. The fourth-order valence-corrected chi connectivity index (χ4v) is 6.05. The molecule has 0 aromatic rings. The van der Waals surface area contributed by atoms with E-state index in [0.717, 1.165) is 30.9 Å². The molecule has 2 saturated heterocycles. The molecule has 136 valence electrons. The standard InChI is InChI=1S/C19H32N2O2S/c1-5-18(2,3)13-6-8-14(9-7-13)20-17(23)15-12-24-19(4)11-10-16(22)21(15)19/h13-15H,5-12H2,1-4H3,(H,20,23). The minimum absolute atomic E-state index is 0.0691. The highest BCUT2D eigenvalue weighted by Gasteiger charge is 2.53. The summed E-state index contributed by atoms with van der Waals surface area (Å²) in [7, 11) is 0. The lowest BCUT2D eigenvalue weighted by Gasteiger charge is -2.39. The number of nitrogens with zero attached hydrogens (tertiary/aromatic N) is 1. The molecule has 2 amide bonds. The van der Waals surface area contributed by atoms with E-state index in [1.54, 1.807) is 11.8 Å². The van der Waals surface area contributed by atoms with Crippen LogP contribution in [0.2, 0.25) is 0 Å². The van der Waals surface area contributed by atoms with Crippen LogP contribution in [0.1, 0.15) is 72.6 Å². The first kappa shape index (κ1) is 18.1. The molecule has 3 rings (SSSR count). The summed E-state index contributed by atoms with van der Waals surface area (Å²) >= 11 is 1.77. The van der Waals surface area contributed by atoms with Crippen molar-refractivity contribution in [1.29, 1.82) is 0 Å². The van der Waals surface area contributed by atoms with Gasteiger partial charge in [0, 0.05) is 18.2 Å². The summed E-state index contributed by atoms with van der Waals surface area (Å²) in [5, 5.41) is 3.26. The predicted molar refractivity (Wildman–Crippen MR) is 98.7 cm³/mol. The highest BCUT2D eigenvalue weighted by Crippen LogP contribution is 2.47. The van der Waals surface area contributed by atoms with E-state index in [9.17, 15) is 9.59 Å². The van der Waals surface area contributed by atoms with Gasteiger partial charge in [-0.05, 0) is 50.4 Å². The van der Waals surface area contributed by atoms with Crippen LogP contribution in [-0.4, -0.2) is 39.4 Å². The van der Waals surface area contributed by atoms with E-state index >= 15 is 0 Å². The number of carbonyl (C=O) groups is 2. The second-order valence-corrected chi connectivity index (χ2v) is 10.2. The first-order valence-electron chi connectivity index (χ1n) is 9.53. The van der Waals surface area contributed by atoms with Gasteiger partial charge in [0.15, 0.2) is 0 Å². The molecular formula is C19H32N2O2S. The zero-order valence-corrected chi connectivity index (χ0v) is 16.4. The number of thioether (sulfide) groups is 1. The maximum Gasteiger partial charge on any atom is 0.243 e. The number of amides is 2. The SMILES string of the molecule is CCC(C)(C)C1CCC(NC(=O)C2CSC3(C)CCC(=O)N23)CC1. The summed E-state index contributed by atoms with van der Waals surface area (Å²) in [5.41, 5.74) is 0.404. The van der Waals surface area contributed by atoms with Crippen molar-refractivity contribution in [2.45, 2.75) is 89.6 Å². The van der Waals surface area contributed by atoms with E-state index in [4.69, 9.17) is 0 Å². The minimum Gasteiger partial charge on any atom is -0.352 e. The fourth-order valence-electron chi connectivity index (χ4n) is 4.62. The van der Waals surface area contributed by atoms with Gasteiger partial charge in [-0.1, -0.05) is 27.2 Å². The average Bonchev–Trinajstić information content (AvgIpc) is 3.04. The van der Waals surface area contributed by atoms with Crippen molar-refractivity contribution in [2.24, 2.45) is 11.3 Å². The fraction of sp³-hybridized carbons (Fsp3) is 0.895. The highest BCUT2D eigenvalue weighted by molar-refractivity contribution is 8.01. The monoisotopic (exact) mass is 352 g/mol. The summed E-state index contributed by atoms with van der Waals surface area (Å²) in [5.74, 6) is 1.73. The minimum atomic E-state index is -0.264. The molecule has 1 saturated carbocycles. The van der Waals surface area contributed by atoms with Crippen LogP contribution in [0, 0.1) is 11.3 Å². The van der Waals surface area contributed by atoms with Crippen LogP contribution < -0.4 is 5.32 Å². The van der Waals surface area contributed by atoms with Crippen LogP contribution in [0.15, 0.2) is 0 Å². The Morgan fingerprint density at radius 3 is 2.62 bits per heavy atom. The van der Waals surface area contributed by atoms with Crippen LogP contribution in [0.5, 0.6) is 0 Å². The van der Waals surface area contributed by atoms with Crippen LogP contribution in [0.3, 0.4) is 0 Å². The van der Waals surface area contributed by atoms with Crippen molar-refractivity contribution in [2.75, 3.05) is 5.75 Å². The van der Waals surface area contributed by atoms with Crippen molar-refractivity contribution >= 4 is 23.6 Å². The van der Waals surface area contributed by atoms with Gasteiger partial charge in [-0.3, -0.25) is 9.59 Å². The maximum atomic E-state index is 12.8. The average molecular weight is 353 g/mol. The molecule has 3 aliphatic rings. The lowest BCUT2D eigenvalue weighted by molar-refractivity contribution is -0.138. The highest BCUT2D eigenvalue weighted by atomic mass is 32.2. The summed E-state index contributed by atoms with van der Waals surface area (Å²) in [6, 6.07) is 0.0239. The molecular weight excluding hydrogens is 320 g/mol. The molecule has 1 N–H and O–H groups in total. The Morgan fingerprint density at radius 1 is 1.33 bits per heavy atom. The number of hydrogen-bond donors (Lipinski definition) is 1. The maximum absolute atomic E-state index is 12.8. The van der Waals surface area contributed by atoms with Crippen molar-refractivity contribution in [3.05, 3.63) is 0 Å². The smallest absolute Gasteiger partial charge is 0.243 e. The predicted octanol–water partition coefficient (Wildman–Crippen LogP) is 3.55. The number of hydrogen-bond acceptors (Lipinski definition) is 3. The molecule has 0 aromatic carbocycles. The van der Waals surface area contributed by atoms with Gasteiger partial charge in [-0.25, -0.2) is 0 Å². The van der Waals surface area contributed by atoms with Gasteiger partial charge >= 0.3 is 0 Å². The molecule has 1 aliphatic carbocycles. The molecule has 0 spiro atoms. The van der Waals surface area contributed by atoms with Crippen LogP contribution >= 0.6 is 11.8 Å². The van der Waals surface area contributed by atoms with Crippen LogP contribution in [0.4, 0.5) is 0 Å². The summed E-state index contributed by atoms with van der Waals surface area (Å²) in [6.45, 7) is 9.11. The Labute approximate surface area is 150 Å². The van der Waals surface area contributed by atoms with Gasteiger partial charge in [0.1, 0.15) is 6.04 Å². The quantitative estimate of drug-likeness (QED) is 0.842. The molecule has 3 fully saturated rings. The van der Waals surface area contributed by atoms with Crippen molar-refractivity contribution in [3.63, 3.8) is 0 Å². The third-order valence-electron chi connectivity index (χ3n) is 6.84. The van der Waals surface area contributed by atoms with Gasteiger partial charge < -0.3 is 10.2 Å². The van der Waals surface area contributed by atoms with Crippen LogP contribution in [-0.2, 0) is 9.59 Å². The molecule has 5 heteroatoms. The molecule has 0 bridgehead atoms. The van der Waals surface area contributed by atoms with E-state index in [2.05, 4.69) is 33.0 Å². The number of carbonyl (C=O) groups excluding carboxylic acids is 2. The van der Waals surface area contributed by atoms with Gasteiger partial charge in [0.2, 0.25) is 11.8 Å². The van der Waals surface area contributed by atoms with Gasteiger partial charge in [-0.2, -0.15) is 0 Å². The molecule has 0 radical (unpaired) electrons. The second-order valence-electron chi connectivity index (χ2n) is 8.66. The Kier molecular flexibility index (Phi) is 4.93. The molecule has 4 nitrogen and oxygen atoms in total. The zero-order valence-electron chi connectivity index (χ0n) is 15.6. The third-order valence-corrected chi connectivity index (χ3v) is 8.34. The second kappa shape index (κ2) is 6.54. The summed E-state index contributed by atoms with van der Waals surface area (Å²) in [6.07, 6.45) is 7.22. The van der Waals surface area contributed by atoms with E-state index in [1.807, 2.05) is 4.90 Å². The number of rotatable bonds is 4. The van der Waals surface area contributed by atoms with E-state index in [-0.39, 0.29) is 28.8 Å². The largest absolute Gasteiger partial charge is 0.352 e. The Hall–Kier alpha value is -0.710. The van der Waals surface area contributed by atoms with Crippen molar-refractivity contribution in [1.82, 2.24) is 10.2 Å². The Morgan fingerprint density at radius 2 is 2.00 bits per heavy atom. The number of nitrogens with one attached hydrogen (secondary N) is 1. The van der Waals surface area contributed by atoms with Crippen molar-refractivity contribution < 1.29 is 9.59 Å². The van der Waals surface area contributed by atoms with Gasteiger partial charge in [-0.15, -0.1) is 11.8 Å². The zero-order chi connectivity index (χ0) is 17.5. The molecule has 2 atom stereocenters.